The highest BCUT2D eigenvalue weighted by molar-refractivity contribution is 5.19. The fourth-order valence-electron chi connectivity index (χ4n) is 3.06. The lowest BCUT2D eigenvalue weighted by atomic mass is 9.89. The van der Waals surface area contributed by atoms with Crippen molar-refractivity contribution in [1.82, 2.24) is 4.90 Å². The van der Waals surface area contributed by atoms with Crippen LogP contribution in [0.25, 0.3) is 0 Å². The average Bonchev–Trinajstić information content (AvgIpc) is 2.43. The summed E-state index contributed by atoms with van der Waals surface area (Å²) in [6.45, 7) is 10.5. The summed E-state index contributed by atoms with van der Waals surface area (Å²) in [5, 5.41) is 0. The molecular weight excluding hydrogens is 263 g/mol. The minimum atomic E-state index is -0.172. The second kappa shape index (κ2) is 8.50. The molecule has 0 bridgehead atoms. The summed E-state index contributed by atoms with van der Waals surface area (Å²) in [6, 6.07) is 7.31. The van der Waals surface area contributed by atoms with E-state index in [-0.39, 0.29) is 11.4 Å². The first-order valence-electron chi connectivity index (χ1n) is 8.14. The van der Waals surface area contributed by atoms with E-state index in [1.165, 1.54) is 25.3 Å². The molecule has 0 aliphatic carbocycles. The maximum atomic E-state index is 13.4. The maximum absolute atomic E-state index is 13.4. The van der Waals surface area contributed by atoms with Crippen LogP contribution in [0.15, 0.2) is 24.3 Å². The quantitative estimate of drug-likeness (QED) is 0.698. The Bertz CT molecular complexity index is 419. The van der Waals surface area contributed by atoms with Crippen molar-refractivity contribution in [2.75, 3.05) is 13.1 Å². The van der Waals surface area contributed by atoms with Crippen LogP contribution < -0.4 is 5.73 Å². The number of nitrogens with two attached hydrogens (primary N) is 1. The molecule has 1 unspecified atom stereocenters. The third-order valence-electron chi connectivity index (χ3n) is 4.23. The minimum absolute atomic E-state index is 0.129. The number of benzene rings is 1. The van der Waals surface area contributed by atoms with Gasteiger partial charge in [0.05, 0.1) is 0 Å². The van der Waals surface area contributed by atoms with Crippen LogP contribution in [0.1, 0.15) is 52.5 Å². The molecule has 1 aromatic carbocycles. The molecule has 0 aliphatic rings. The number of hydrogen-bond acceptors (Lipinski definition) is 2. The number of unbranched alkanes of at least 4 members (excludes halogenated alkanes) is 2. The minimum Gasteiger partial charge on any atom is -0.329 e. The third-order valence-corrected chi connectivity index (χ3v) is 4.23. The topological polar surface area (TPSA) is 29.3 Å². The molecule has 0 saturated carbocycles. The molecule has 120 valence electrons. The number of rotatable bonds is 9. The first kappa shape index (κ1) is 18.1. The molecular formula is C18H31FN2. The van der Waals surface area contributed by atoms with Crippen molar-refractivity contribution in [1.29, 1.82) is 0 Å². The van der Waals surface area contributed by atoms with E-state index in [0.717, 1.165) is 18.5 Å². The van der Waals surface area contributed by atoms with Crippen LogP contribution in [0.4, 0.5) is 4.39 Å². The van der Waals surface area contributed by atoms with Crippen molar-refractivity contribution in [2.24, 2.45) is 5.73 Å². The molecule has 1 atom stereocenters. The lowest BCUT2D eigenvalue weighted by molar-refractivity contribution is 0.0735. The van der Waals surface area contributed by atoms with E-state index in [1.807, 2.05) is 6.07 Å². The Balaban J connectivity index is 2.87. The van der Waals surface area contributed by atoms with Gasteiger partial charge in [-0.25, -0.2) is 4.39 Å². The summed E-state index contributed by atoms with van der Waals surface area (Å²) < 4.78 is 13.4. The smallest absolute Gasteiger partial charge is 0.123 e. The Labute approximate surface area is 129 Å². The van der Waals surface area contributed by atoms with Gasteiger partial charge in [-0.05, 0) is 57.9 Å². The van der Waals surface area contributed by atoms with Crippen molar-refractivity contribution >= 4 is 0 Å². The van der Waals surface area contributed by atoms with Crippen LogP contribution in [0.2, 0.25) is 0 Å². The van der Waals surface area contributed by atoms with E-state index in [9.17, 15) is 4.39 Å². The normalized spacial score (nSPS) is 14.7. The summed E-state index contributed by atoms with van der Waals surface area (Å²) >= 11 is 0. The van der Waals surface area contributed by atoms with Crippen LogP contribution in [-0.4, -0.2) is 29.6 Å². The highest BCUT2D eigenvalue weighted by Crippen LogP contribution is 2.24. The molecule has 2 nitrogen and oxygen atoms in total. The van der Waals surface area contributed by atoms with E-state index >= 15 is 0 Å². The van der Waals surface area contributed by atoms with Gasteiger partial charge in [-0.2, -0.15) is 0 Å². The zero-order valence-electron chi connectivity index (χ0n) is 14.0. The van der Waals surface area contributed by atoms with Gasteiger partial charge < -0.3 is 5.73 Å². The van der Waals surface area contributed by atoms with Crippen LogP contribution in [0.5, 0.6) is 0 Å². The first-order chi connectivity index (χ1) is 9.92. The molecule has 0 radical (unpaired) electrons. The predicted octanol–water partition coefficient (Wildman–Crippen LogP) is 3.99. The molecule has 0 aromatic heterocycles. The van der Waals surface area contributed by atoms with Crippen molar-refractivity contribution in [3.8, 4) is 0 Å². The molecule has 1 aromatic rings. The summed E-state index contributed by atoms with van der Waals surface area (Å²) in [6.07, 6.45) is 4.43. The largest absolute Gasteiger partial charge is 0.329 e. The molecule has 0 heterocycles. The molecule has 0 amide bonds. The summed E-state index contributed by atoms with van der Waals surface area (Å²) in [4.78, 5) is 2.48. The molecule has 3 heteroatoms. The van der Waals surface area contributed by atoms with Crippen molar-refractivity contribution in [3.63, 3.8) is 0 Å². The van der Waals surface area contributed by atoms with E-state index in [4.69, 9.17) is 5.73 Å². The van der Waals surface area contributed by atoms with E-state index < -0.39 is 0 Å². The zero-order valence-corrected chi connectivity index (χ0v) is 14.0. The molecule has 0 fully saturated rings. The number of nitrogens with zero attached hydrogens (tertiary/aromatic N) is 1. The first-order valence-corrected chi connectivity index (χ1v) is 8.14. The van der Waals surface area contributed by atoms with Crippen LogP contribution in [0.3, 0.4) is 0 Å². The molecule has 0 aliphatic heterocycles. The van der Waals surface area contributed by atoms with Gasteiger partial charge in [0.25, 0.3) is 0 Å². The molecule has 2 N–H and O–H groups in total. The fourth-order valence-corrected chi connectivity index (χ4v) is 3.06. The molecule has 21 heavy (non-hydrogen) atoms. The lowest BCUT2D eigenvalue weighted by Crippen LogP contribution is -2.56. The summed E-state index contributed by atoms with van der Waals surface area (Å²) in [5.41, 5.74) is 6.99. The monoisotopic (exact) mass is 294 g/mol. The van der Waals surface area contributed by atoms with Gasteiger partial charge in [-0.15, -0.1) is 0 Å². The summed E-state index contributed by atoms with van der Waals surface area (Å²) in [7, 11) is 0. The Morgan fingerprint density at radius 1 is 1.29 bits per heavy atom. The third kappa shape index (κ3) is 5.40. The standard InChI is InChI=1S/C18H31FN2/c1-5-6-7-11-21(15(2)3)18(4,14-20)13-16-9-8-10-17(19)12-16/h8-10,12,15H,5-7,11,13-14,20H2,1-4H3. The Morgan fingerprint density at radius 3 is 2.52 bits per heavy atom. The number of halogens is 1. The van der Waals surface area contributed by atoms with Crippen LogP contribution >= 0.6 is 0 Å². The van der Waals surface area contributed by atoms with Gasteiger partial charge >= 0.3 is 0 Å². The van der Waals surface area contributed by atoms with Gasteiger partial charge in [0.2, 0.25) is 0 Å². The van der Waals surface area contributed by atoms with Crippen molar-refractivity contribution in [2.45, 2.75) is 65.0 Å². The fraction of sp³-hybridized carbons (Fsp3) is 0.667. The van der Waals surface area contributed by atoms with Gasteiger partial charge in [-0.1, -0.05) is 31.9 Å². The second-order valence-corrected chi connectivity index (χ2v) is 6.50. The SMILES string of the molecule is CCCCCN(C(C)C)C(C)(CN)Cc1cccc(F)c1. The average molecular weight is 294 g/mol. The Morgan fingerprint density at radius 2 is 2.00 bits per heavy atom. The molecule has 1 rings (SSSR count). The van der Waals surface area contributed by atoms with Crippen molar-refractivity contribution < 1.29 is 4.39 Å². The summed E-state index contributed by atoms with van der Waals surface area (Å²) in [5.74, 6) is -0.172. The second-order valence-electron chi connectivity index (χ2n) is 6.50. The molecule has 0 spiro atoms. The molecule has 0 saturated heterocycles. The van der Waals surface area contributed by atoms with E-state index in [1.54, 1.807) is 12.1 Å². The van der Waals surface area contributed by atoms with E-state index in [0.29, 0.717) is 12.6 Å². The van der Waals surface area contributed by atoms with E-state index in [2.05, 4.69) is 32.6 Å². The van der Waals surface area contributed by atoms with Crippen molar-refractivity contribution in [3.05, 3.63) is 35.6 Å². The predicted molar refractivity (Wildman–Crippen MR) is 88.9 cm³/mol. The Kier molecular flexibility index (Phi) is 7.33. The lowest BCUT2D eigenvalue weighted by Gasteiger charge is -2.44. The van der Waals surface area contributed by atoms with Gasteiger partial charge in [-0.3, -0.25) is 4.90 Å². The highest BCUT2D eigenvalue weighted by Gasteiger charge is 2.32. The highest BCUT2D eigenvalue weighted by atomic mass is 19.1. The van der Waals surface area contributed by atoms with Gasteiger partial charge in [0, 0.05) is 18.1 Å². The maximum Gasteiger partial charge on any atom is 0.123 e. The number of hydrogen-bond donors (Lipinski definition) is 1. The van der Waals surface area contributed by atoms with Crippen LogP contribution in [0, 0.1) is 5.82 Å². The van der Waals surface area contributed by atoms with Gasteiger partial charge in [0.15, 0.2) is 0 Å². The van der Waals surface area contributed by atoms with Gasteiger partial charge in [0.1, 0.15) is 5.82 Å². The Hall–Kier alpha value is -0.930. The van der Waals surface area contributed by atoms with Crippen LogP contribution in [-0.2, 0) is 6.42 Å². The zero-order chi connectivity index (χ0) is 15.9.